The molecule has 1 aromatic rings. The molecule has 0 N–H and O–H groups in total. The maximum atomic E-state index is 13.6. The van der Waals surface area contributed by atoms with E-state index in [2.05, 4.69) is 0 Å². The Morgan fingerprint density at radius 2 is 1.85 bits per heavy atom. The zero-order valence-corrected chi connectivity index (χ0v) is 12.2. The lowest BCUT2D eigenvalue weighted by molar-refractivity contribution is 0.0611. The molecule has 110 valence electrons. The zero-order chi connectivity index (χ0) is 14.8. The van der Waals surface area contributed by atoms with Crippen molar-refractivity contribution in [1.82, 2.24) is 0 Å². The first-order chi connectivity index (χ1) is 9.34. The van der Waals surface area contributed by atoms with Crippen molar-refractivity contribution < 1.29 is 18.7 Å². The van der Waals surface area contributed by atoms with Gasteiger partial charge in [0.1, 0.15) is 17.7 Å². The van der Waals surface area contributed by atoms with Crippen molar-refractivity contribution in [2.45, 2.75) is 58.0 Å². The average Bonchev–Trinajstić information content (AvgIpc) is 2.79. The fourth-order valence-electron chi connectivity index (χ4n) is 2.32. The van der Waals surface area contributed by atoms with Gasteiger partial charge in [0.05, 0.1) is 0 Å². The van der Waals surface area contributed by atoms with Gasteiger partial charge in [0, 0.05) is 6.07 Å². The van der Waals surface area contributed by atoms with E-state index in [-0.39, 0.29) is 17.3 Å². The van der Waals surface area contributed by atoms with Crippen molar-refractivity contribution in [1.29, 1.82) is 0 Å². The van der Waals surface area contributed by atoms with E-state index in [0.717, 1.165) is 31.2 Å². The van der Waals surface area contributed by atoms with Gasteiger partial charge >= 0.3 is 6.16 Å². The highest BCUT2D eigenvalue weighted by Gasteiger charge is 2.21. The number of hydrogen-bond acceptors (Lipinski definition) is 3. The van der Waals surface area contributed by atoms with Crippen molar-refractivity contribution in [3.63, 3.8) is 0 Å². The Bertz CT molecular complexity index is 485. The first kappa shape index (κ1) is 14.8. The van der Waals surface area contributed by atoms with Crippen LogP contribution in [-0.2, 0) is 10.2 Å². The first-order valence-corrected chi connectivity index (χ1v) is 7.04. The molecular formula is C16H21FO3. The second-order valence-corrected chi connectivity index (χ2v) is 6.30. The third-order valence-corrected chi connectivity index (χ3v) is 3.50. The van der Waals surface area contributed by atoms with Crippen LogP contribution < -0.4 is 4.74 Å². The predicted octanol–water partition coefficient (Wildman–Crippen LogP) is 4.58. The third kappa shape index (κ3) is 3.95. The minimum Gasteiger partial charge on any atom is -0.431 e. The molecular weight excluding hydrogens is 259 g/mol. The van der Waals surface area contributed by atoms with Crippen LogP contribution in [0.3, 0.4) is 0 Å². The van der Waals surface area contributed by atoms with E-state index in [1.807, 2.05) is 20.8 Å². The Balaban J connectivity index is 2.04. The lowest BCUT2D eigenvalue weighted by Crippen LogP contribution is -2.18. The van der Waals surface area contributed by atoms with Crippen LogP contribution in [0.4, 0.5) is 9.18 Å². The Kier molecular flexibility index (Phi) is 4.31. The zero-order valence-electron chi connectivity index (χ0n) is 12.2. The van der Waals surface area contributed by atoms with Gasteiger partial charge < -0.3 is 9.47 Å². The maximum absolute atomic E-state index is 13.6. The first-order valence-electron chi connectivity index (χ1n) is 7.04. The molecule has 1 aliphatic carbocycles. The normalized spacial score (nSPS) is 16.2. The van der Waals surface area contributed by atoms with Gasteiger partial charge in [0.15, 0.2) is 0 Å². The van der Waals surface area contributed by atoms with Gasteiger partial charge in [0.2, 0.25) is 0 Å². The molecule has 0 saturated heterocycles. The molecule has 0 aromatic heterocycles. The fraction of sp³-hybridized carbons (Fsp3) is 0.562. The number of carbonyl (C=O) groups excluding carboxylic acids is 1. The van der Waals surface area contributed by atoms with Gasteiger partial charge in [-0.05, 0) is 48.8 Å². The Hall–Kier alpha value is -1.58. The lowest BCUT2D eigenvalue weighted by atomic mass is 9.87. The molecule has 0 heterocycles. The van der Waals surface area contributed by atoms with Gasteiger partial charge in [-0.2, -0.15) is 0 Å². The van der Waals surface area contributed by atoms with Gasteiger partial charge in [-0.15, -0.1) is 0 Å². The summed E-state index contributed by atoms with van der Waals surface area (Å²) in [6, 6.07) is 4.33. The van der Waals surface area contributed by atoms with E-state index in [4.69, 9.17) is 9.47 Å². The number of rotatable bonds is 2. The quantitative estimate of drug-likeness (QED) is 0.587. The molecule has 1 aliphatic rings. The van der Waals surface area contributed by atoms with E-state index in [0.29, 0.717) is 0 Å². The van der Waals surface area contributed by atoms with E-state index in [9.17, 15) is 9.18 Å². The Morgan fingerprint density at radius 3 is 2.45 bits per heavy atom. The highest BCUT2D eigenvalue weighted by Crippen LogP contribution is 2.28. The molecule has 20 heavy (non-hydrogen) atoms. The molecule has 0 aliphatic heterocycles. The van der Waals surface area contributed by atoms with Crippen LogP contribution in [0, 0.1) is 5.82 Å². The highest BCUT2D eigenvalue weighted by atomic mass is 19.1. The number of benzene rings is 1. The Morgan fingerprint density at radius 1 is 1.20 bits per heavy atom. The number of carbonyl (C=O) groups is 1. The van der Waals surface area contributed by atoms with E-state index < -0.39 is 12.0 Å². The van der Waals surface area contributed by atoms with Crippen LogP contribution in [0.2, 0.25) is 0 Å². The average molecular weight is 280 g/mol. The fourth-order valence-corrected chi connectivity index (χ4v) is 2.32. The SMILES string of the molecule is CC(C)(C)c1cc(F)cc(OC(=O)OC2CCCC2)c1. The highest BCUT2D eigenvalue weighted by molar-refractivity contribution is 5.64. The minimum absolute atomic E-state index is 0.0573. The summed E-state index contributed by atoms with van der Waals surface area (Å²) in [6.07, 6.45) is 3.11. The van der Waals surface area contributed by atoms with Crippen LogP contribution in [0.5, 0.6) is 5.75 Å². The maximum Gasteiger partial charge on any atom is 0.514 e. The molecule has 4 heteroatoms. The van der Waals surface area contributed by atoms with Crippen LogP contribution >= 0.6 is 0 Å². The topological polar surface area (TPSA) is 35.5 Å². The second-order valence-electron chi connectivity index (χ2n) is 6.30. The summed E-state index contributed by atoms with van der Waals surface area (Å²) in [5.41, 5.74) is 0.566. The molecule has 0 amide bonds. The summed E-state index contributed by atoms with van der Waals surface area (Å²) < 4.78 is 23.9. The third-order valence-electron chi connectivity index (χ3n) is 3.50. The van der Waals surface area contributed by atoms with Crippen LogP contribution in [-0.4, -0.2) is 12.3 Å². The number of hydrogen-bond donors (Lipinski definition) is 0. The molecule has 0 spiro atoms. The second kappa shape index (κ2) is 5.81. The number of halogens is 1. The lowest BCUT2D eigenvalue weighted by Gasteiger charge is -2.20. The van der Waals surface area contributed by atoms with Crippen molar-refractivity contribution in [2.75, 3.05) is 0 Å². The van der Waals surface area contributed by atoms with Gasteiger partial charge in [0.25, 0.3) is 0 Å². The monoisotopic (exact) mass is 280 g/mol. The summed E-state index contributed by atoms with van der Waals surface area (Å²) in [5, 5.41) is 0. The standard InChI is InChI=1S/C16H21FO3/c1-16(2,3)11-8-12(17)10-14(9-11)20-15(18)19-13-6-4-5-7-13/h8-10,13H,4-7H2,1-3H3. The van der Waals surface area contributed by atoms with Gasteiger partial charge in [-0.25, -0.2) is 9.18 Å². The molecule has 2 rings (SSSR count). The largest absolute Gasteiger partial charge is 0.514 e. The minimum atomic E-state index is -0.748. The molecule has 1 fully saturated rings. The summed E-state index contributed by atoms with van der Waals surface area (Å²) >= 11 is 0. The van der Waals surface area contributed by atoms with Crippen molar-refractivity contribution in [3.8, 4) is 5.75 Å². The van der Waals surface area contributed by atoms with Gasteiger partial charge in [-0.1, -0.05) is 20.8 Å². The van der Waals surface area contributed by atoms with E-state index in [1.54, 1.807) is 6.07 Å². The molecule has 0 atom stereocenters. The molecule has 3 nitrogen and oxygen atoms in total. The molecule has 0 unspecified atom stereocenters. The van der Waals surface area contributed by atoms with Crippen molar-refractivity contribution in [2.24, 2.45) is 0 Å². The molecule has 1 aromatic carbocycles. The molecule has 0 bridgehead atoms. The van der Waals surface area contributed by atoms with Crippen molar-refractivity contribution >= 4 is 6.16 Å². The van der Waals surface area contributed by atoms with Crippen LogP contribution in [0.25, 0.3) is 0 Å². The summed E-state index contributed by atoms with van der Waals surface area (Å²) in [6.45, 7) is 5.92. The van der Waals surface area contributed by atoms with Crippen LogP contribution in [0.15, 0.2) is 18.2 Å². The van der Waals surface area contributed by atoms with Gasteiger partial charge in [-0.3, -0.25) is 0 Å². The summed E-state index contributed by atoms with van der Waals surface area (Å²) in [4.78, 5) is 11.7. The van der Waals surface area contributed by atoms with E-state index >= 15 is 0 Å². The predicted molar refractivity (Wildman–Crippen MR) is 74.5 cm³/mol. The van der Waals surface area contributed by atoms with E-state index in [1.165, 1.54) is 12.1 Å². The summed E-state index contributed by atoms with van der Waals surface area (Å²) in [5.74, 6) is -0.223. The molecule has 0 radical (unpaired) electrons. The smallest absolute Gasteiger partial charge is 0.431 e. The molecule has 1 saturated carbocycles. The van der Waals surface area contributed by atoms with Crippen molar-refractivity contribution in [3.05, 3.63) is 29.6 Å². The Labute approximate surface area is 119 Å². The summed E-state index contributed by atoms with van der Waals surface area (Å²) in [7, 11) is 0. The number of ether oxygens (including phenoxy) is 2. The van der Waals surface area contributed by atoms with Crippen LogP contribution in [0.1, 0.15) is 52.0 Å².